The first-order chi connectivity index (χ1) is 8.91. The lowest BCUT2D eigenvalue weighted by molar-refractivity contribution is 0.590. The third-order valence-corrected chi connectivity index (χ3v) is 3.11. The lowest BCUT2D eigenvalue weighted by Gasteiger charge is -2.18. The van der Waals surface area contributed by atoms with Gasteiger partial charge in [0.25, 0.3) is 0 Å². The van der Waals surface area contributed by atoms with Gasteiger partial charge in [-0.15, -0.1) is 0 Å². The maximum Gasteiger partial charge on any atom is -0.0132 e. The molecule has 0 atom stereocenters. The van der Waals surface area contributed by atoms with Gasteiger partial charge < -0.3 is 0 Å². The monoisotopic (exact) mass is 254 g/mol. The van der Waals surface area contributed by atoms with Crippen LogP contribution < -0.4 is 0 Å². The molecular formula is C19H26. The molecule has 0 heteroatoms. The van der Waals surface area contributed by atoms with Crippen LogP contribution in [-0.4, -0.2) is 0 Å². The number of benzene rings is 2. The summed E-state index contributed by atoms with van der Waals surface area (Å²) in [7, 11) is 0. The fraction of sp³-hybridized carbons (Fsp3) is 0.368. The van der Waals surface area contributed by atoms with Crippen LogP contribution in [0.1, 0.15) is 51.7 Å². The molecule has 0 bridgehead atoms. The lowest BCUT2D eigenvalue weighted by atomic mass is 9.87. The van der Waals surface area contributed by atoms with Crippen LogP contribution in [0.5, 0.6) is 0 Å². The second-order valence-electron chi connectivity index (χ2n) is 6.18. The summed E-state index contributed by atoms with van der Waals surface area (Å²) in [6.45, 7) is 11.1. The fourth-order valence-electron chi connectivity index (χ4n) is 1.78. The van der Waals surface area contributed by atoms with Gasteiger partial charge in [0.2, 0.25) is 0 Å². The molecule has 0 unspecified atom stereocenters. The second kappa shape index (κ2) is 7.13. The normalized spacial score (nSPS) is 10.8. The molecule has 0 heterocycles. The summed E-state index contributed by atoms with van der Waals surface area (Å²) >= 11 is 0. The minimum absolute atomic E-state index is 0.293. The van der Waals surface area contributed by atoms with E-state index in [0.717, 1.165) is 0 Å². The Hall–Kier alpha value is -1.56. The fourth-order valence-corrected chi connectivity index (χ4v) is 1.78. The summed E-state index contributed by atoms with van der Waals surface area (Å²) in [4.78, 5) is 0. The van der Waals surface area contributed by atoms with Gasteiger partial charge in [0.05, 0.1) is 0 Å². The molecule has 0 N–H and O–H groups in total. The van der Waals surface area contributed by atoms with Gasteiger partial charge in [0, 0.05) is 0 Å². The number of hydrogen-bond donors (Lipinski definition) is 0. The van der Waals surface area contributed by atoms with Crippen molar-refractivity contribution in [1.82, 2.24) is 0 Å². The molecule has 0 fully saturated rings. The summed E-state index contributed by atoms with van der Waals surface area (Å²) in [5.41, 5.74) is 3.11. The topological polar surface area (TPSA) is 0 Å². The van der Waals surface area contributed by atoms with Gasteiger partial charge in [0.1, 0.15) is 0 Å². The summed E-state index contributed by atoms with van der Waals surface area (Å²) < 4.78 is 0. The Kier molecular flexibility index (Phi) is 5.82. The molecular weight excluding hydrogens is 228 g/mol. The van der Waals surface area contributed by atoms with E-state index in [1.807, 2.05) is 6.07 Å². The van der Waals surface area contributed by atoms with Crippen molar-refractivity contribution in [3.8, 4) is 0 Å². The molecule has 2 aromatic carbocycles. The van der Waals surface area contributed by atoms with E-state index in [1.54, 1.807) is 0 Å². The van der Waals surface area contributed by atoms with E-state index in [4.69, 9.17) is 0 Å². The number of rotatable bonds is 1. The van der Waals surface area contributed by atoms with Gasteiger partial charge in [-0.05, 0) is 22.5 Å². The van der Waals surface area contributed by atoms with E-state index in [-0.39, 0.29) is 0 Å². The highest BCUT2D eigenvalue weighted by Crippen LogP contribution is 2.20. The largest absolute Gasteiger partial charge is 0.0622 e. The Morgan fingerprint density at radius 3 is 1.37 bits per heavy atom. The minimum Gasteiger partial charge on any atom is -0.0622 e. The molecule has 0 aromatic heterocycles. The van der Waals surface area contributed by atoms with Gasteiger partial charge in [-0.3, -0.25) is 0 Å². The lowest BCUT2D eigenvalue weighted by Crippen LogP contribution is -2.10. The van der Waals surface area contributed by atoms with Crippen LogP contribution >= 0.6 is 0 Å². The van der Waals surface area contributed by atoms with Crippen molar-refractivity contribution in [3.63, 3.8) is 0 Å². The van der Waals surface area contributed by atoms with Crippen molar-refractivity contribution < 1.29 is 0 Å². The molecule has 19 heavy (non-hydrogen) atoms. The van der Waals surface area contributed by atoms with Crippen molar-refractivity contribution >= 4 is 0 Å². The Labute approximate surface area is 118 Å². The van der Waals surface area contributed by atoms with Crippen LogP contribution in [0.4, 0.5) is 0 Å². The zero-order valence-corrected chi connectivity index (χ0v) is 12.9. The maximum absolute atomic E-state index is 2.22. The smallest absolute Gasteiger partial charge is 0.0132 e. The summed E-state index contributed by atoms with van der Waals surface area (Å²) in [5, 5.41) is 0. The Morgan fingerprint density at radius 2 is 1.11 bits per heavy atom. The molecule has 0 radical (unpaired) electrons. The van der Waals surface area contributed by atoms with Gasteiger partial charge in [-0.2, -0.15) is 0 Å². The van der Waals surface area contributed by atoms with E-state index in [0.29, 0.717) is 11.3 Å². The molecule has 0 saturated heterocycles. The highest BCUT2D eigenvalue weighted by molar-refractivity contribution is 5.22. The average molecular weight is 254 g/mol. The summed E-state index contributed by atoms with van der Waals surface area (Å²) in [6, 6.07) is 21.1. The molecule has 2 rings (SSSR count). The van der Waals surface area contributed by atoms with Gasteiger partial charge in [-0.25, -0.2) is 0 Å². The standard InChI is InChI=1S/C10H14.C9H12/c1-10(2,3)9-7-5-4-6-8-9;1-8(2)9-6-4-3-5-7-9/h4-8H,1-3H3;3-8H,1-2H3. The molecule has 0 aliphatic heterocycles. The van der Waals surface area contributed by atoms with Gasteiger partial charge in [0.15, 0.2) is 0 Å². The second-order valence-corrected chi connectivity index (χ2v) is 6.18. The first kappa shape index (κ1) is 15.5. The Bertz CT molecular complexity index is 446. The van der Waals surface area contributed by atoms with Crippen molar-refractivity contribution in [3.05, 3.63) is 71.8 Å². The minimum atomic E-state index is 0.293. The predicted molar refractivity (Wildman–Crippen MR) is 85.7 cm³/mol. The number of hydrogen-bond acceptors (Lipinski definition) is 0. The van der Waals surface area contributed by atoms with Crippen molar-refractivity contribution in [2.75, 3.05) is 0 Å². The van der Waals surface area contributed by atoms with Crippen LogP contribution in [0.25, 0.3) is 0 Å². The molecule has 0 saturated carbocycles. The highest BCUT2D eigenvalue weighted by atomic mass is 14.2. The van der Waals surface area contributed by atoms with Crippen molar-refractivity contribution in [2.45, 2.75) is 46.0 Å². The van der Waals surface area contributed by atoms with E-state index in [1.165, 1.54) is 11.1 Å². The van der Waals surface area contributed by atoms with Gasteiger partial charge in [-0.1, -0.05) is 95.3 Å². The van der Waals surface area contributed by atoms with Crippen LogP contribution in [0.2, 0.25) is 0 Å². The maximum atomic E-state index is 2.22. The average Bonchev–Trinajstić information content (AvgIpc) is 2.40. The van der Waals surface area contributed by atoms with Gasteiger partial charge >= 0.3 is 0 Å². The van der Waals surface area contributed by atoms with Crippen molar-refractivity contribution in [1.29, 1.82) is 0 Å². The molecule has 0 amide bonds. The Balaban J connectivity index is 0.000000191. The van der Waals surface area contributed by atoms with E-state index in [2.05, 4.69) is 89.2 Å². The van der Waals surface area contributed by atoms with E-state index in [9.17, 15) is 0 Å². The zero-order valence-electron chi connectivity index (χ0n) is 12.9. The molecule has 0 aliphatic rings. The van der Waals surface area contributed by atoms with Crippen LogP contribution in [0.3, 0.4) is 0 Å². The SMILES string of the molecule is CC(C)(C)c1ccccc1.CC(C)c1ccccc1. The van der Waals surface area contributed by atoms with Crippen molar-refractivity contribution in [2.24, 2.45) is 0 Å². The van der Waals surface area contributed by atoms with E-state index < -0.39 is 0 Å². The first-order valence-electron chi connectivity index (χ1n) is 7.01. The molecule has 0 spiro atoms. The Morgan fingerprint density at radius 1 is 0.684 bits per heavy atom. The van der Waals surface area contributed by atoms with E-state index >= 15 is 0 Å². The quantitative estimate of drug-likeness (QED) is 0.604. The third-order valence-electron chi connectivity index (χ3n) is 3.11. The van der Waals surface area contributed by atoms with Crippen LogP contribution in [0.15, 0.2) is 60.7 Å². The molecule has 0 nitrogen and oxygen atoms in total. The third kappa shape index (κ3) is 5.74. The zero-order chi connectivity index (χ0) is 14.3. The van der Waals surface area contributed by atoms with Crippen LogP contribution in [-0.2, 0) is 5.41 Å². The molecule has 2 aromatic rings. The molecule has 102 valence electrons. The predicted octanol–water partition coefficient (Wildman–Crippen LogP) is 5.79. The van der Waals surface area contributed by atoms with Crippen LogP contribution in [0, 0.1) is 0 Å². The molecule has 0 aliphatic carbocycles. The summed E-state index contributed by atoms with van der Waals surface area (Å²) in [5.74, 6) is 0.659. The highest BCUT2D eigenvalue weighted by Gasteiger charge is 2.11. The summed E-state index contributed by atoms with van der Waals surface area (Å²) in [6.07, 6.45) is 0. The first-order valence-corrected chi connectivity index (χ1v) is 7.01.